The van der Waals surface area contributed by atoms with Crippen molar-refractivity contribution in [2.45, 2.75) is 25.5 Å². The fourth-order valence-electron chi connectivity index (χ4n) is 3.68. The van der Waals surface area contributed by atoms with Crippen LogP contribution in [0.1, 0.15) is 24.5 Å². The Balaban J connectivity index is 1.43. The first-order valence-corrected chi connectivity index (χ1v) is 10.7. The van der Waals surface area contributed by atoms with Gasteiger partial charge in [-0.3, -0.25) is 14.5 Å². The average Bonchev–Trinajstić information content (AvgIpc) is 3.03. The molecule has 0 bridgehead atoms. The van der Waals surface area contributed by atoms with Gasteiger partial charge in [-0.2, -0.15) is 0 Å². The van der Waals surface area contributed by atoms with E-state index in [1.54, 1.807) is 36.4 Å². The minimum Gasteiger partial charge on any atom is -0.486 e. The van der Waals surface area contributed by atoms with Crippen LogP contribution >= 0.6 is 15.9 Å². The molecule has 1 N–H and O–H groups in total. The Bertz CT molecular complexity index is 1030. The summed E-state index contributed by atoms with van der Waals surface area (Å²) >= 11 is 3.43. The number of urea groups is 1. The van der Waals surface area contributed by atoms with Crippen molar-refractivity contribution in [1.82, 2.24) is 10.2 Å². The van der Waals surface area contributed by atoms with Crippen LogP contribution in [0.5, 0.6) is 11.5 Å². The van der Waals surface area contributed by atoms with Gasteiger partial charge in [0.1, 0.15) is 31.9 Å². The van der Waals surface area contributed by atoms with E-state index < -0.39 is 30.0 Å². The minimum atomic E-state index is -1.18. The number of carbonyl (C=O) groups excluding carboxylic acids is 3. The summed E-state index contributed by atoms with van der Waals surface area (Å²) < 4.78 is 17.1. The van der Waals surface area contributed by atoms with Crippen LogP contribution in [0.15, 0.2) is 46.9 Å². The molecule has 1 fully saturated rings. The number of imide groups is 1. The maximum absolute atomic E-state index is 13.1. The highest BCUT2D eigenvalue weighted by Crippen LogP contribution is 2.36. The van der Waals surface area contributed by atoms with Crippen LogP contribution in [0.2, 0.25) is 0 Å². The number of hydrogen-bond donors (Lipinski definition) is 1. The maximum atomic E-state index is 13.1. The Morgan fingerprint density at radius 2 is 1.84 bits per heavy atom. The number of esters is 1. The number of hydrogen-bond acceptors (Lipinski definition) is 6. The fourth-order valence-corrected chi connectivity index (χ4v) is 4.12. The van der Waals surface area contributed by atoms with Gasteiger partial charge in [0.25, 0.3) is 5.91 Å². The third kappa shape index (κ3) is 3.97. The molecule has 2 aromatic carbocycles. The van der Waals surface area contributed by atoms with Gasteiger partial charge in [0, 0.05) is 10.0 Å². The highest BCUT2D eigenvalue weighted by atomic mass is 79.9. The van der Waals surface area contributed by atoms with Crippen molar-refractivity contribution >= 4 is 33.8 Å². The van der Waals surface area contributed by atoms with Gasteiger partial charge in [-0.1, -0.05) is 53.2 Å². The van der Waals surface area contributed by atoms with Gasteiger partial charge in [0.15, 0.2) is 11.5 Å². The summed E-state index contributed by atoms with van der Waals surface area (Å²) in [5.74, 6) is 0.0310. The Kier molecular flexibility index (Phi) is 5.86. The van der Waals surface area contributed by atoms with Crippen LogP contribution in [-0.4, -0.2) is 42.6 Å². The molecular formula is C22H21BrN2O6. The highest BCUT2D eigenvalue weighted by molar-refractivity contribution is 9.10. The Labute approximate surface area is 187 Å². The minimum absolute atomic E-state index is 0.0443. The van der Waals surface area contributed by atoms with Gasteiger partial charge < -0.3 is 19.5 Å². The zero-order valence-corrected chi connectivity index (χ0v) is 18.4. The topological polar surface area (TPSA) is 94.2 Å². The lowest BCUT2D eigenvalue weighted by molar-refractivity contribution is -0.149. The zero-order valence-electron chi connectivity index (χ0n) is 16.9. The lowest BCUT2D eigenvalue weighted by Crippen LogP contribution is -2.43. The van der Waals surface area contributed by atoms with Crippen LogP contribution in [0.3, 0.4) is 0 Å². The standard InChI is InChI=1S/C22H21BrN2O6/c1-2-22(15-6-4-3-5-7-15)20(27)25(21(28)24-22)12-19(26)31-13-14-10-17-18(11-16(14)23)30-9-8-29-17/h3-7,10-11H,2,8-9,12-13H2,1H3,(H,24,28). The van der Waals surface area contributed by atoms with Crippen molar-refractivity contribution in [3.05, 3.63) is 58.1 Å². The number of fused-ring (bicyclic) bond motifs is 1. The van der Waals surface area contributed by atoms with Crippen molar-refractivity contribution in [1.29, 1.82) is 0 Å². The monoisotopic (exact) mass is 488 g/mol. The smallest absolute Gasteiger partial charge is 0.326 e. The lowest BCUT2D eigenvalue weighted by Gasteiger charge is -2.25. The van der Waals surface area contributed by atoms with E-state index in [4.69, 9.17) is 14.2 Å². The van der Waals surface area contributed by atoms with E-state index in [1.807, 2.05) is 13.0 Å². The molecule has 9 heteroatoms. The van der Waals surface area contributed by atoms with Gasteiger partial charge in [0.2, 0.25) is 0 Å². The summed E-state index contributed by atoms with van der Waals surface area (Å²) in [6.07, 6.45) is 0.358. The molecule has 0 radical (unpaired) electrons. The SMILES string of the molecule is CCC1(c2ccccc2)NC(=O)N(CC(=O)OCc2cc3c(cc2Br)OCCO3)C1=O. The van der Waals surface area contributed by atoms with E-state index >= 15 is 0 Å². The van der Waals surface area contributed by atoms with Gasteiger partial charge in [-0.15, -0.1) is 0 Å². The number of carbonyl (C=O) groups is 3. The Morgan fingerprint density at radius 1 is 1.16 bits per heavy atom. The van der Waals surface area contributed by atoms with Crippen molar-refractivity contribution in [2.75, 3.05) is 19.8 Å². The van der Waals surface area contributed by atoms with Gasteiger partial charge >= 0.3 is 12.0 Å². The number of ether oxygens (including phenoxy) is 3. The number of nitrogens with one attached hydrogen (secondary N) is 1. The summed E-state index contributed by atoms with van der Waals surface area (Å²) in [4.78, 5) is 38.9. The van der Waals surface area contributed by atoms with Crippen LogP contribution in [0.4, 0.5) is 4.79 Å². The molecule has 0 saturated carbocycles. The number of benzene rings is 2. The van der Waals surface area contributed by atoms with E-state index in [0.717, 1.165) is 4.90 Å². The summed E-state index contributed by atoms with van der Waals surface area (Å²) in [7, 11) is 0. The third-order valence-electron chi connectivity index (χ3n) is 5.36. The number of rotatable bonds is 6. The second-order valence-electron chi connectivity index (χ2n) is 7.19. The third-order valence-corrected chi connectivity index (χ3v) is 6.10. The predicted octanol–water partition coefficient (Wildman–Crippen LogP) is 3.12. The van der Waals surface area contributed by atoms with Gasteiger partial charge in [-0.05, 0) is 24.1 Å². The van der Waals surface area contributed by atoms with Crippen molar-refractivity contribution in [2.24, 2.45) is 0 Å². The molecule has 8 nitrogen and oxygen atoms in total. The van der Waals surface area contributed by atoms with E-state index in [1.165, 1.54) is 0 Å². The molecule has 3 amide bonds. The Morgan fingerprint density at radius 3 is 2.52 bits per heavy atom. The second-order valence-corrected chi connectivity index (χ2v) is 8.05. The molecule has 162 valence electrons. The second kappa shape index (κ2) is 8.58. The molecule has 0 aromatic heterocycles. The zero-order chi connectivity index (χ0) is 22.0. The molecule has 1 unspecified atom stereocenters. The predicted molar refractivity (Wildman–Crippen MR) is 114 cm³/mol. The lowest BCUT2D eigenvalue weighted by atomic mass is 9.87. The maximum Gasteiger partial charge on any atom is 0.326 e. The first-order valence-electron chi connectivity index (χ1n) is 9.88. The largest absolute Gasteiger partial charge is 0.486 e. The molecule has 31 heavy (non-hydrogen) atoms. The Hall–Kier alpha value is -3.07. The molecule has 0 spiro atoms. The number of nitrogens with zero attached hydrogens (tertiary/aromatic N) is 1. The highest BCUT2D eigenvalue weighted by Gasteiger charge is 2.51. The van der Waals surface area contributed by atoms with Crippen LogP contribution in [0, 0.1) is 0 Å². The van der Waals surface area contributed by atoms with E-state index in [9.17, 15) is 14.4 Å². The molecule has 2 aliphatic rings. The first kappa shape index (κ1) is 21.2. The van der Waals surface area contributed by atoms with Crippen molar-refractivity contribution in [3.8, 4) is 11.5 Å². The first-order chi connectivity index (χ1) is 14.9. The molecule has 2 aromatic rings. The normalized spacial score (nSPS) is 19.9. The van der Waals surface area contributed by atoms with E-state index in [0.29, 0.717) is 46.7 Å². The molecule has 0 aliphatic carbocycles. The van der Waals surface area contributed by atoms with E-state index in [2.05, 4.69) is 21.2 Å². The number of halogens is 1. The number of amides is 3. The molecular weight excluding hydrogens is 468 g/mol. The molecule has 2 heterocycles. The van der Waals surface area contributed by atoms with Gasteiger partial charge in [-0.25, -0.2) is 4.79 Å². The van der Waals surface area contributed by atoms with Crippen LogP contribution in [0.25, 0.3) is 0 Å². The molecule has 2 aliphatic heterocycles. The summed E-state index contributed by atoms with van der Waals surface area (Å²) in [6.45, 7) is 2.22. The molecule has 4 rings (SSSR count). The molecule has 1 atom stereocenters. The molecule has 1 saturated heterocycles. The van der Waals surface area contributed by atoms with Crippen molar-refractivity contribution in [3.63, 3.8) is 0 Å². The summed E-state index contributed by atoms with van der Waals surface area (Å²) in [6, 6.07) is 11.9. The summed E-state index contributed by atoms with van der Waals surface area (Å²) in [5, 5.41) is 2.75. The van der Waals surface area contributed by atoms with Crippen LogP contribution < -0.4 is 14.8 Å². The van der Waals surface area contributed by atoms with E-state index in [-0.39, 0.29) is 6.61 Å². The average molecular weight is 489 g/mol. The summed E-state index contributed by atoms with van der Waals surface area (Å²) in [5.41, 5.74) is 0.172. The van der Waals surface area contributed by atoms with Crippen molar-refractivity contribution < 1.29 is 28.6 Å². The quantitative estimate of drug-likeness (QED) is 0.495. The fraction of sp³-hybridized carbons (Fsp3) is 0.318. The van der Waals surface area contributed by atoms with Crippen LogP contribution in [-0.2, 0) is 26.5 Å². The van der Waals surface area contributed by atoms with Gasteiger partial charge in [0.05, 0.1) is 0 Å².